The first-order chi connectivity index (χ1) is 12.3. The highest BCUT2D eigenvalue weighted by molar-refractivity contribution is 7.90. The Kier molecular flexibility index (Phi) is 4.96. The molecule has 0 N–H and O–H groups in total. The zero-order valence-electron chi connectivity index (χ0n) is 14.5. The van der Waals surface area contributed by atoms with Gasteiger partial charge in [0.15, 0.2) is 9.84 Å². The number of halogens is 1. The van der Waals surface area contributed by atoms with Crippen LogP contribution >= 0.6 is 0 Å². The third-order valence-corrected chi connectivity index (χ3v) is 5.54. The molecular formula is C20H19FO4S. The lowest BCUT2D eigenvalue weighted by atomic mass is 9.91. The fourth-order valence-electron chi connectivity index (χ4n) is 3.01. The number of cyclic esters (lactones) is 1. The van der Waals surface area contributed by atoms with Gasteiger partial charge in [-0.05, 0) is 47.4 Å². The van der Waals surface area contributed by atoms with E-state index in [1.54, 1.807) is 24.3 Å². The van der Waals surface area contributed by atoms with E-state index in [4.69, 9.17) is 4.74 Å². The third-order valence-electron chi connectivity index (χ3n) is 4.41. The van der Waals surface area contributed by atoms with Crippen LogP contribution in [0.2, 0.25) is 0 Å². The Hall–Kier alpha value is -2.47. The molecule has 0 spiro atoms. The minimum Gasteiger partial charge on any atom is -0.459 e. The largest absolute Gasteiger partial charge is 0.459 e. The Morgan fingerprint density at radius 2 is 1.62 bits per heavy atom. The van der Waals surface area contributed by atoms with Gasteiger partial charge < -0.3 is 4.74 Å². The van der Waals surface area contributed by atoms with Crippen molar-refractivity contribution in [3.05, 3.63) is 71.0 Å². The number of ether oxygens (including phenoxy) is 1. The summed E-state index contributed by atoms with van der Waals surface area (Å²) >= 11 is 0. The van der Waals surface area contributed by atoms with Crippen LogP contribution < -0.4 is 0 Å². The Bertz CT molecular complexity index is 958. The smallest absolute Gasteiger partial charge is 0.335 e. The van der Waals surface area contributed by atoms with E-state index in [1.165, 1.54) is 24.3 Å². The maximum Gasteiger partial charge on any atom is 0.335 e. The Balaban J connectivity index is 2.16. The van der Waals surface area contributed by atoms with Gasteiger partial charge in [-0.3, -0.25) is 0 Å². The summed E-state index contributed by atoms with van der Waals surface area (Å²) in [4.78, 5) is 12.6. The zero-order chi connectivity index (χ0) is 18.9. The van der Waals surface area contributed by atoms with E-state index < -0.39 is 9.84 Å². The van der Waals surface area contributed by atoms with E-state index in [0.29, 0.717) is 35.1 Å². The van der Waals surface area contributed by atoms with Gasteiger partial charge in [-0.25, -0.2) is 17.6 Å². The lowest BCUT2D eigenvalue weighted by Crippen LogP contribution is -2.04. The molecule has 0 saturated carbocycles. The zero-order valence-corrected chi connectivity index (χ0v) is 15.3. The predicted octanol–water partition coefficient (Wildman–Crippen LogP) is 3.76. The van der Waals surface area contributed by atoms with E-state index in [1.807, 2.05) is 6.92 Å². The van der Waals surface area contributed by atoms with Crippen LogP contribution in [0.5, 0.6) is 0 Å². The summed E-state index contributed by atoms with van der Waals surface area (Å²) in [5, 5.41) is 0. The third kappa shape index (κ3) is 3.70. The molecule has 1 fully saturated rings. The van der Waals surface area contributed by atoms with Gasteiger partial charge in [0, 0.05) is 18.2 Å². The molecule has 6 heteroatoms. The van der Waals surface area contributed by atoms with Crippen LogP contribution in [-0.4, -0.2) is 26.7 Å². The van der Waals surface area contributed by atoms with Crippen LogP contribution in [0, 0.1) is 5.82 Å². The van der Waals surface area contributed by atoms with E-state index >= 15 is 0 Å². The highest BCUT2D eigenvalue weighted by atomic mass is 32.2. The molecule has 136 valence electrons. The first-order valence-corrected chi connectivity index (χ1v) is 10.2. The van der Waals surface area contributed by atoms with Crippen molar-refractivity contribution in [1.82, 2.24) is 0 Å². The molecule has 0 aromatic heterocycles. The standard InChI is InChI=1S/C20H19FO4S/c1-3-16-12-18(20(22)25-16)19(13-4-8-15(21)9-5-13)14-6-10-17(11-7-14)26(2,23)24/h4-11,16H,3,12H2,1-2H3. The summed E-state index contributed by atoms with van der Waals surface area (Å²) in [7, 11) is -3.32. The van der Waals surface area contributed by atoms with Gasteiger partial charge >= 0.3 is 5.97 Å². The van der Waals surface area contributed by atoms with Crippen LogP contribution in [0.4, 0.5) is 4.39 Å². The molecule has 0 radical (unpaired) electrons. The molecule has 1 saturated heterocycles. The molecule has 1 aliphatic heterocycles. The van der Waals surface area contributed by atoms with Crippen LogP contribution in [0.1, 0.15) is 30.9 Å². The normalized spacial score (nSPS) is 19.3. The quantitative estimate of drug-likeness (QED) is 0.604. The summed E-state index contributed by atoms with van der Waals surface area (Å²) in [6.07, 6.45) is 2.14. The molecule has 1 atom stereocenters. The first kappa shape index (κ1) is 18.3. The van der Waals surface area contributed by atoms with Gasteiger partial charge in [0.2, 0.25) is 0 Å². The van der Waals surface area contributed by atoms with Crippen molar-refractivity contribution in [3.8, 4) is 0 Å². The molecular weight excluding hydrogens is 355 g/mol. The number of esters is 1. The summed E-state index contributed by atoms with van der Waals surface area (Å²) in [5.41, 5.74) is 2.54. The van der Waals surface area contributed by atoms with Crippen LogP contribution in [0.25, 0.3) is 5.57 Å². The van der Waals surface area contributed by atoms with E-state index in [0.717, 1.165) is 6.26 Å². The van der Waals surface area contributed by atoms with Gasteiger partial charge in [-0.2, -0.15) is 0 Å². The highest BCUT2D eigenvalue weighted by Gasteiger charge is 2.31. The molecule has 1 unspecified atom stereocenters. The molecule has 0 amide bonds. The van der Waals surface area contributed by atoms with E-state index in [2.05, 4.69) is 0 Å². The monoisotopic (exact) mass is 374 g/mol. The first-order valence-electron chi connectivity index (χ1n) is 8.30. The second-order valence-corrected chi connectivity index (χ2v) is 8.31. The number of rotatable bonds is 4. The Labute approximate surface area is 152 Å². The minimum absolute atomic E-state index is 0.178. The van der Waals surface area contributed by atoms with Gasteiger partial charge in [0.25, 0.3) is 0 Å². The Morgan fingerprint density at radius 3 is 2.08 bits per heavy atom. The minimum atomic E-state index is -3.32. The van der Waals surface area contributed by atoms with Gasteiger partial charge in [-0.1, -0.05) is 31.2 Å². The van der Waals surface area contributed by atoms with Crippen LogP contribution in [-0.2, 0) is 19.4 Å². The molecule has 26 heavy (non-hydrogen) atoms. The average molecular weight is 374 g/mol. The van der Waals surface area contributed by atoms with Gasteiger partial charge in [0.1, 0.15) is 11.9 Å². The number of hydrogen-bond donors (Lipinski definition) is 0. The molecule has 2 aromatic rings. The van der Waals surface area contributed by atoms with Crippen LogP contribution in [0.15, 0.2) is 59.0 Å². The maximum atomic E-state index is 13.3. The van der Waals surface area contributed by atoms with Crippen molar-refractivity contribution in [2.75, 3.05) is 6.26 Å². The molecule has 2 aromatic carbocycles. The lowest BCUT2D eigenvalue weighted by Gasteiger charge is -2.12. The molecule has 3 rings (SSSR count). The van der Waals surface area contributed by atoms with Gasteiger partial charge in [-0.15, -0.1) is 0 Å². The summed E-state index contributed by atoms with van der Waals surface area (Å²) in [6.45, 7) is 1.94. The second-order valence-electron chi connectivity index (χ2n) is 6.30. The van der Waals surface area contributed by atoms with Crippen LogP contribution in [0.3, 0.4) is 0 Å². The molecule has 0 bridgehead atoms. The second kappa shape index (κ2) is 7.03. The van der Waals surface area contributed by atoms with E-state index in [-0.39, 0.29) is 22.8 Å². The lowest BCUT2D eigenvalue weighted by molar-refractivity contribution is -0.138. The van der Waals surface area contributed by atoms with Crippen molar-refractivity contribution < 1.29 is 22.3 Å². The fraction of sp³-hybridized carbons (Fsp3) is 0.250. The van der Waals surface area contributed by atoms with Crippen molar-refractivity contribution in [2.45, 2.75) is 30.8 Å². The summed E-state index contributed by atoms with van der Waals surface area (Å²) in [6, 6.07) is 12.2. The molecule has 0 aliphatic carbocycles. The van der Waals surface area contributed by atoms with Crippen molar-refractivity contribution in [2.24, 2.45) is 0 Å². The SMILES string of the molecule is CCC1CC(=C(c2ccc(F)cc2)c2ccc(S(C)(=O)=O)cc2)C(=O)O1. The van der Waals surface area contributed by atoms with Crippen molar-refractivity contribution in [1.29, 1.82) is 0 Å². The summed E-state index contributed by atoms with van der Waals surface area (Å²) in [5.74, 6) is -0.755. The predicted molar refractivity (Wildman–Crippen MR) is 96.8 cm³/mol. The van der Waals surface area contributed by atoms with Crippen molar-refractivity contribution >= 4 is 21.4 Å². The van der Waals surface area contributed by atoms with Gasteiger partial charge in [0.05, 0.1) is 4.90 Å². The topological polar surface area (TPSA) is 60.4 Å². The summed E-state index contributed by atoms with van der Waals surface area (Å²) < 4.78 is 42.1. The molecule has 1 aliphatic rings. The number of carbonyl (C=O) groups is 1. The number of hydrogen-bond acceptors (Lipinski definition) is 4. The highest BCUT2D eigenvalue weighted by Crippen LogP contribution is 2.35. The number of benzene rings is 2. The Morgan fingerprint density at radius 1 is 1.08 bits per heavy atom. The molecule has 4 nitrogen and oxygen atoms in total. The fourth-order valence-corrected chi connectivity index (χ4v) is 3.64. The molecule has 1 heterocycles. The number of carbonyl (C=O) groups excluding carboxylic acids is 1. The average Bonchev–Trinajstić information content (AvgIpc) is 2.97. The number of sulfone groups is 1. The van der Waals surface area contributed by atoms with E-state index in [9.17, 15) is 17.6 Å². The maximum absolute atomic E-state index is 13.3. The van der Waals surface area contributed by atoms with Crippen molar-refractivity contribution in [3.63, 3.8) is 0 Å².